The van der Waals surface area contributed by atoms with Crippen LogP contribution in [-0.2, 0) is 0 Å². The molecule has 19 heavy (non-hydrogen) atoms. The lowest BCUT2D eigenvalue weighted by Crippen LogP contribution is -1.92. The number of nitriles is 1. The van der Waals surface area contributed by atoms with E-state index in [0.717, 1.165) is 0 Å². The van der Waals surface area contributed by atoms with Crippen LogP contribution in [0.4, 0.5) is 0 Å². The minimum atomic E-state index is 0.219. The van der Waals surface area contributed by atoms with Crippen molar-refractivity contribution in [3.8, 4) is 29.1 Å². The molecule has 2 aromatic rings. The van der Waals surface area contributed by atoms with Crippen molar-refractivity contribution in [3.05, 3.63) is 47.0 Å². The van der Waals surface area contributed by atoms with Gasteiger partial charge in [0, 0.05) is 6.07 Å². The Morgan fingerprint density at radius 2 is 1.95 bits per heavy atom. The Hall–Kier alpha value is -2.38. The van der Waals surface area contributed by atoms with Crippen molar-refractivity contribution >= 4 is 11.6 Å². The fraction of sp³-hybridized carbons (Fsp3) is 0.0714. The Morgan fingerprint density at radius 1 is 1.11 bits per heavy atom. The maximum absolute atomic E-state index is 8.77. The van der Waals surface area contributed by atoms with Crippen LogP contribution in [0.25, 0.3) is 0 Å². The van der Waals surface area contributed by atoms with Crippen LogP contribution in [0.2, 0.25) is 5.02 Å². The van der Waals surface area contributed by atoms with Gasteiger partial charge in [0.15, 0.2) is 11.5 Å². The van der Waals surface area contributed by atoms with Crippen molar-refractivity contribution < 1.29 is 14.2 Å². The van der Waals surface area contributed by atoms with Crippen LogP contribution in [0.5, 0.6) is 23.0 Å². The van der Waals surface area contributed by atoms with E-state index in [-0.39, 0.29) is 6.79 Å². The summed E-state index contributed by atoms with van der Waals surface area (Å²) in [6.07, 6.45) is 0. The Labute approximate surface area is 114 Å². The Bertz CT molecular complexity index is 679. The van der Waals surface area contributed by atoms with E-state index >= 15 is 0 Å². The second-order valence-electron chi connectivity index (χ2n) is 3.87. The van der Waals surface area contributed by atoms with Gasteiger partial charge in [-0.1, -0.05) is 11.6 Å². The molecule has 1 aliphatic rings. The zero-order valence-electron chi connectivity index (χ0n) is 9.72. The van der Waals surface area contributed by atoms with Gasteiger partial charge >= 0.3 is 0 Å². The molecule has 0 saturated carbocycles. The van der Waals surface area contributed by atoms with E-state index in [9.17, 15) is 0 Å². The smallest absolute Gasteiger partial charge is 0.231 e. The first-order chi connectivity index (χ1) is 9.26. The molecule has 0 aromatic heterocycles. The molecule has 0 aliphatic carbocycles. The Morgan fingerprint density at radius 3 is 2.74 bits per heavy atom. The number of nitrogens with zero attached hydrogens (tertiary/aromatic N) is 1. The van der Waals surface area contributed by atoms with Crippen LogP contribution in [-0.4, -0.2) is 6.79 Å². The summed E-state index contributed by atoms with van der Waals surface area (Å²) >= 11 is 6.04. The van der Waals surface area contributed by atoms with Crippen LogP contribution in [0.15, 0.2) is 36.4 Å². The summed E-state index contributed by atoms with van der Waals surface area (Å²) in [6, 6.07) is 12.2. The molecule has 0 saturated heterocycles. The minimum absolute atomic E-state index is 0.219. The number of fused-ring (bicyclic) bond motifs is 1. The highest BCUT2D eigenvalue weighted by atomic mass is 35.5. The maximum atomic E-state index is 8.77. The number of rotatable bonds is 2. The molecule has 94 valence electrons. The topological polar surface area (TPSA) is 51.5 Å². The minimum Gasteiger partial charge on any atom is -0.456 e. The molecule has 4 nitrogen and oxygen atoms in total. The SMILES string of the molecule is N#Cc1ccc(Oc2ccc3c(c2)OCO3)c(Cl)c1. The molecule has 0 N–H and O–H groups in total. The van der Waals surface area contributed by atoms with Gasteiger partial charge < -0.3 is 14.2 Å². The van der Waals surface area contributed by atoms with E-state index in [1.54, 1.807) is 36.4 Å². The number of hydrogen-bond acceptors (Lipinski definition) is 4. The van der Waals surface area contributed by atoms with Crippen LogP contribution in [0, 0.1) is 11.3 Å². The van der Waals surface area contributed by atoms with Crippen molar-refractivity contribution in [2.45, 2.75) is 0 Å². The largest absolute Gasteiger partial charge is 0.456 e. The molecule has 0 fully saturated rings. The second-order valence-corrected chi connectivity index (χ2v) is 4.28. The number of ether oxygens (including phenoxy) is 3. The van der Waals surface area contributed by atoms with Gasteiger partial charge in [-0.2, -0.15) is 5.26 Å². The summed E-state index contributed by atoms with van der Waals surface area (Å²) in [7, 11) is 0. The van der Waals surface area contributed by atoms with Crippen molar-refractivity contribution in [2.24, 2.45) is 0 Å². The van der Waals surface area contributed by atoms with Crippen molar-refractivity contribution in [1.82, 2.24) is 0 Å². The van der Waals surface area contributed by atoms with Gasteiger partial charge in [0.1, 0.15) is 11.5 Å². The monoisotopic (exact) mass is 273 g/mol. The zero-order valence-corrected chi connectivity index (χ0v) is 10.5. The highest BCUT2D eigenvalue weighted by molar-refractivity contribution is 6.32. The molecule has 0 atom stereocenters. The van der Waals surface area contributed by atoms with Gasteiger partial charge in [0.2, 0.25) is 6.79 Å². The summed E-state index contributed by atoms with van der Waals surface area (Å²) in [4.78, 5) is 0. The molecule has 0 amide bonds. The zero-order chi connectivity index (χ0) is 13.2. The molecular formula is C14H8ClNO3. The van der Waals surface area contributed by atoms with E-state index in [1.165, 1.54) is 0 Å². The number of halogens is 1. The van der Waals surface area contributed by atoms with Crippen LogP contribution in [0.1, 0.15) is 5.56 Å². The first-order valence-electron chi connectivity index (χ1n) is 5.53. The molecule has 0 unspecified atom stereocenters. The third-order valence-electron chi connectivity index (χ3n) is 2.63. The summed E-state index contributed by atoms with van der Waals surface area (Å²) in [6.45, 7) is 0.219. The average molecular weight is 274 g/mol. The number of benzene rings is 2. The van der Waals surface area contributed by atoms with E-state index in [1.807, 2.05) is 6.07 Å². The molecule has 1 heterocycles. The lowest BCUT2D eigenvalue weighted by molar-refractivity contribution is 0.174. The average Bonchev–Trinajstić information content (AvgIpc) is 2.88. The van der Waals surface area contributed by atoms with Crippen LogP contribution in [0.3, 0.4) is 0 Å². The standard InChI is InChI=1S/C14H8ClNO3/c15-11-5-9(7-16)1-3-12(11)19-10-2-4-13-14(6-10)18-8-17-13/h1-6H,8H2. The normalized spacial score (nSPS) is 12.0. The van der Waals surface area contributed by atoms with E-state index < -0.39 is 0 Å². The van der Waals surface area contributed by atoms with Gasteiger partial charge in [-0.3, -0.25) is 0 Å². The van der Waals surface area contributed by atoms with Gasteiger partial charge in [-0.05, 0) is 30.3 Å². The molecule has 0 bridgehead atoms. The van der Waals surface area contributed by atoms with Gasteiger partial charge in [-0.15, -0.1) is 0 Å². The van der Waals surface area contributed by atoms with Crippen LogP contribution < -0.4 is 14.2 Å². The maximum Gasteiger partial charge on any atom is 0.231 e. The molecule has 1 aliphatic heterocycles. The fourth-order valence-corrected chi connectivity index (χ4v) is 1.94. The van der Waals surface area contributed by atoms with Crippen molar-refractivity contribution in [2.75, 3.05) is 6.79 Å². The third-order valence-corrected chi connectivity index (χ3v) is 2.93. The molecule has 0 spiro atoms. The first-order valence-corrected chi connectivity index (χ1v) is 5.91. The first kappa shape index (κ1) is 11.7. The second kappa shape index (κ2) is 4.71. The van der Waals surface area contributed by atoms with Gasteiger partial charge in [0.25, 0.3) is 0 Å². The Balaban J connectivity index is 1.87. The molecule has 3 rings (SSSR count). The fourth-order valence-electron chi connectivity index (χ4n) is 1.72. The van der Waals surface area contributed by atoms with Crippen molar-refractivity contribution in [1.29, 1.82) is 5.26 Å². The summed E-state index contributed by atoms with van der Waals surface area (Å²) in [5, 5.41) is 9.15. The van der Waals surface area contributed by atoms with Crippen molar-refractivity contribution in [3.63, 3.8) is 0 Å². The molecule has 2 aromatic carbocycles. The summed E-state index contributed by atoms with van der Waals surface area (Å²) in [5.41, 5.74) is 0.489. The van der Waals surface area contributed by atoms with E-state index in [4.69, 9.17) is 31.1 Å². The predicted molar refractivity (Wildman–Crippen MR) is 68.8 cm³/mol. The molecular weight excluding hydrogens is 266 g/mol. The lowest BCUT2D eigenvalue weighted by Gasteiger charge is -2.08. The van der Waals surface area contributed by atoms with Gasteiger partial charge in [0.05, 0.1) is 16.7 Å². The van der Waals surface area contributed by atoms with Crippen LogP contribution >= 0.6 is 11.6 Å². The summed E-state index contributed by atoms with van der Waals surface area (Å²) in [5.74, 6) is 2.41. The molecule has 0 radical (unpaired) electrons. The third kappa shape index (κ3) is 2.28. The quantitative estimate of drug-likeness (QED) is 0.836. The highest BCUT2D eigenvalue weighted by Gasteiger charge is 2.14. The number of hydrogen-bond donors (Lipinski definition) is 0. The van der Waals surface area contributed by atoms with E-state index in [0.29, 0.717) is 33.6 Å². The molecule has 5 heteroatoms. The highest BCUT2D eigenvalue weighted by Crippen LogP contribution is 2.37. The lowest BCUT2D eigenvalue weighted by atomic mass is 10.2. The predicted octanol–water partition coefficient (Wildman–Crippen LogP) is 3.73. The van der Waals surface area contributed by atoms with Gasteiger partial charge in [-0.25, -0.2) is 0 Å². The Kier molecular flexibility index (Phi) is 2.90. The summed E-state index contributed by atoms with van der Waals surface area (Å²) < 4.78 is 16.1. The van der Waals surface area contributed by atoms with E-state index in [2.05, 4.69) is 0 Å².